The summed E-state index contributed by atoms with van der Waals surface area (Å²) in [5, 5.41) is 17.7. The van der Waals surface area contributed by atoms with Gasteiger partial charge in [-0.1, -0.05) is 23.4 Å². The first-order valence-electron chi connectivity index (χ1n) is 11.6. The summed E-state index contributed by atoms with van der Waals surface area (Å²) in [5.74, 6) is 1.65. The number of methoxy groups -OCH3 is 2. The lowest BCUT2D eigenvalue weighted by Crippen LogP contribution is -2.46. The van der Waals surface area contributed by atoms with Crippen LogP contribution in [0.2, 0.25) is 0 Å². The third-order valence-electron chi connectivity index (χ3n) is 6.29. The minimum absolute atomic E-state index is 0.0446. The van der Waals surface area contributed by atoms with Gasteiger partial charge < -0.3 is 24.4 Å². The number of carbonyl (C=O) groups is 1. The minimum Gasteiger partial charge on any atom is -0.504 e. The number of anilines is 1. The number of ether oxygens (including phenoxy) is 2. The van der Waals surface area contributed by atoms with E-state index in [0.29, 0.717) is 39.8 Å². The summed E-state index contributed by atoms with van der Waals surface area (Å²) in [6, 6.07) is 19.0. The first kappa shape index (κ1) is 23.9. The van der Waals surface area contributed by atoms with E-state index >= 15 is 0 Å². The average Bonchev–Trinajstić information content (AvgIpc) is 3.38. The molecule has 3 aromatic carbocycles. The van der Waals surface area contributed by atoms with Gasteiger partial charge in [-0.2, -0.15) is 4.98 Å². The number of hydrogen-bond acceptors (Lipinski definition) is 7. The quantitative estimate of drug-likeness (QED) is 0.363. The molecule has 1 unspecified atom stereocenters. The molecule has 5 rings (SSSR count). The number of aryl methyl sites for hydroxylation is 1. The zero-order valence-corrected chi connectivity index (χ0v) is 20.9. The highest BCUT2D eigenvalue weighted by atomic mass is 16.5. The molecular weight excluding hydrogens is 472 g/mol. The second kappa shape index (κ2) is 9.69. The fourth-order valence-corrected chi connectivity index (χ4v) is 4.42. The molecule has 0 saturated carbocycles. The Labute approximate surface area is 214 Å². The maximum Gasteiger partial charge on any atom is 0.326 e. The summed E-state index contributed by atoms with van der Waals surface area (Å²) in [6.07, 6.45) is 0. The number of phenols is 1. The van der Waals surface area contributed by atoms with Gasteiger partial charge in [0, 0.05) is 11.3 Å². The second-order valence-corrected chi connectivity index (χ2v) is 8.64. The summed E-state index contributed by atoms with van der Waals surface area (Å²) in [6.45, 7) is 3.80. The zero-order chi connectivity index (χ0) is 26.1. The number of nitrogens with one attached hydrogen (secondary N) is 1. The van der Waals surface area contributed by atoms with Crippen molar-refractivity contribution in [2.75, 3.05) is 19.1 Å². The van der Waals surface area contributed by atoms with Gasteiger partial charge in [0.15, 0.2) is 11.5 Å². The number of carbonyl (C=O) groups excluding carboxylic acids is 1. The van der Waals surface area contributed by atoms with Crippen LogP contribution in [0.1, 0.15) is 30.0 Å². The van der Waals surface area contributed by atoms with Gasteiger partial charge in [0.25, 0.3) is 5.89 Å². The maximum absolute atomic E-state index is 13.4. The molecule has 0 spiro atoms. The van der Waals surface area contributed by atoms with Gasteiger partial charge in [-0.05, 0) is 73.5 Å². The number of hydrogen-bond donors (Lipinski definition) is 2. The normalized spacial score (nSPS) is 15.5. The molecule has 1 atom stereocenters. The van der Waals surface area contributed by atoms with Gasteiger partial charge in [-0.15, -0.1) is 0 Å². The Morgan fingerprint density at radius 2 is 1.78 bits per heavy atom. The van der Waals surface area contributed by atoms with Crippen molar-refractivity contribution >= 4 is 17.3 Å². The third-order valence-corrected chi connectivity index (χ3v) is 6.29. The number of amides is 2. The van der Waals surface area contributed by atoms with Crippen molar-refractivity contribution in [2.24, 2.45) is 0 Å². The number of phenolic OH excluding ortho intramolecular Hbond substituents is 1. The average molecular weight is 499 g/mol. The van der Waals surface area contributed by atoms with Crippen LogP contribution < -0.4 is 19.7 Å². The van der Waals surface area contributed by atoms with E-state index in [-0.39, 0.29) is 17.7 Å². The lowest BCUT2D eigenvalue weighted by atomic mass is 9.94. The first-order chi connectivity index (χ1) is 17.9. The number of benzene rings is 3. The number of rotatable bonds is 6. The van der Waals surface area contributed by atoms with Crippen molar-refractivity contribution in [2.45, 2.75) is 19.9 Å². The van der Waals surface area contributed by atoms with Crippen LogP contribution in [0.5, 0.6) is 17.2 Å². The van der Waals surface area contributed by atoms with Gasteiger partial charge in [0.1, 0.15) is 5.75 Å². The Morgan fingerprint density at radius 3 is 2.46 bits per heavy atom. The Kier molecular flexibility index (Phi) is 6.27. The Balaban J connectivity index is 1.64. The molecule has 1 aliphatic heterocycles. The smallest absolute Gasteiger partial charge is 0.326 e. The summed E-state index contributed by atoms with van der Waals surface area (Å²) < 4.78 is 16.2. The lowest BCUT2D eigenvalue weighted by Gasteiger charge is -2.35. The van der Waals surface area contributed by atoms with Crippen LogP contribution in [0.15, 0.2) is 77.0 Å². The molecule has 2 amide bonds. The number of urea groups is 1. The Hall–Kier alpha value is -4.79. The van der Waals surface area contributed by atoms with Crippen LogP contribution in [-0.2, 0) is 0 Å². The number of nitrogens with zero attached hydrogens (tertiary/aromatic N) is 3. The summed E-state index contributed by atoms with van der Waals surface area (Å²) in [7, 11) is 3.08. The van der Waals surface area contributed by atoms with Gasteiger partial charge >= 0.3 is 6.03 Å². The maximum atomic E-state index is 13.4. The van der Waals surface area contributed by atoms with E-state index in [9.17, 15) is 9.90 Å². The van der Waals surface area contributed by atoms with Crippen LogP contribution in [0.25, 0.3) is 17.0 Å². The van der Waals surface area contributed by atoms with Crippen LogP contribution in [0.4, 0.5) is 10.5 Å². The van der Waals surface area contributed by atoms with Gasteiger partial charge in [0.2, 0.25) is 5.82 Å². The monoisotopic (exact) mass is 498 g/mol. The molecule has 188 valence electrons. The molecule has 9 heteroatoms. The molecular formula is C28H26N4O5. The van der Waals surface area contributed by atoms with Crippen molar-refractivity contribution < 1.29 is 23.9 Å². The molecule has 2 heterocycles. The van der Waals surface area contributed by atoms with Crippen molar-refractivity contribution in [1.29, 1.82) is 0 Å². The largest absolute Gasteiger partial charge is 0.504 e. The molecule has 37 heavy (non-hydrogen) atoms. The molecule has 0 radical (unpaired) electrons. The summed E-state index contributed by atoms with van der Waals surface area (Å²) in [4.78, 5) is 19.6. The van der Waals surface area contributed by atoms with Crippen molar-refractivity contribution in [3.05, 3.63) is 89.4 Å². The fourth-order valence-electron chi connectivity index (χ4n) is 4.42. The molecule has 4 aromatic rings. The predicted octanol–water partition coefficient (Wildman–Crippen LogP) is 5.47. The van der Waals surface area contributed by atoms with Crippen LogP contribution in [-0.4, -0.2) is 35.5 Å². The van der Waals surface area contributed by atoms with Gasteiger partial charge in [-0.3, -0.25) is 4.90 Å². The molecule has 0 bridgehead atoms. The van der Waals surface area contributed by atoms with Crippen molar-refractivity contribution in [3.8, 4) is 28.6 Å². The van der Waals surface area contributed by atoms with E-state index in [2.05, 4.69) is 15.5 Å². The minimum atomic E-state index is -0.658. The molecule has 2 N–H and O–H groups in total. The van der Waals surface area contributed by atoms with E-state index in [0.717, 1.165) is 11.1 Å². The highest BCUT2D eigenvalue weighted by Crippen LogP contribution is 2.41. The first-order valence-corrected chi connectivity index (χ1v) is 11.6. The fraction of sp³-hybridized carbons (Fsp3) is 0.179. The number of aromatic hydroxyl groups is 1. The number of aromatic nitrogens is 2. The summed E-state index contributed by atoms with van der Waals surface area (Å²) in [5.41, 5.74) is 4.34. The SMILES string of the molecule is COc1ccc(-c2noc(C3=C(C)N(c4cccc(C)c4)C(=O)NC3c3ccc(OC)c(O)c3)n2)cc1. The standard InChI is InChI=1S/C28H26N4O5/c1-16-6-5-7-20(14-16)32-17(2)24(25(29-28(32)34)19-10-13-23(36-4)22(33)15-19)27-30-26(31-37-27)18-8-11-21(35-3)12-9-18/h5-15,25,33H,1-4H3,(H,29,34). The molecule has 9 nitrogen and oxygen atoms in total. The van der Waals surface area contributed by atoms with E-state index in [4.69, 9.17) is 14.0 Å². The highest BCUT2D eigenvalue weighted by molar-refractivity contribution is 6.01. The number of allylic oxidation sites excluding steroid dienone is 1. The van der Waals surface area contributed by atoms with E-state index in [1.807, 2.05) is 62.4 Å². The lowest BCUT2D eigenvalue weighted by molar-refractivity contribution is 0.244. The highest BCUT2D eigenvalue weighted by Gasteiger charge is 2.37. The van der Waals surface area contributed by atoms with Crippen molar-refractivity contribution in [1.82, 2.24) is 15.5 Å². The predicted molar refractivity (Wildman–Crippen MR) is 138 cm³/mol. The van der Waals surface area contributed by atoms with Gasteiger partial charge in [0.05, 0.1) is 31.5 Å². The molecule has 0 aliphatic carbocycles. The molecule has 1 aliphatic rings. The van der Waals surface area contributed by atoms with E-state index in [1.165, 1.54) is 7.11 Å². The zero-order valence-electron chi connectivity index (χ0n) is 20.9. The molecule has 0 fully saturated rings. The Bertz CT molecular complexity index is 1490. The van der Waals surface area contributed by atoms with E-state index < -0.39 is 6.04 Å². The van der Waals surface area contributed by atoms with Crippen LogP contribution in [0.3, 0.4) is 0 Å². The summed E-state index contributed by atoms with van der Waals surface area (Å²) >= 11 is 0. The van der Waals surface area contributed by atoms with Crippen LogP contribution in [0, 0.1) is 6.92 Å². The van der Waals surface area contributed by atoms with Gasteiger partial charge in [-0.25, -0.2) is 4.79 Å². The third kappa shape index (κ3) is 4.47. The molecule has 1 aromatic heterocycles. The van der Waals surface area contributed by atoms with Crippen LogP contribution >= 0.6 is 0 Å². The second-order valence-electron chi connectivity index (χ2n) is 8.64. The van der Waals surface area contributed by atoms with Crippen molar-refractivity contribution in [3.63, 3.8) is 0 Å². The van der Waals surface area contributed by atoms with E-state index in [1.54, 1.807) is 30.2 Å². The topological polar surface area (TPSA) is 110 Å². The Morgan fingerprint density at radius 1 is 1.00 bits per heavy atom. The molecule has 0 saturated heterocycles.